The minimum absolute atomic E-state index is 0.0208. The minimum Gasteiger partial charge on any atom is -0.350 e. The van der Waals surface area contributed by atoms with Crippen molar-refractivity contribution in [1.29, 1.82) is 0 Å². The van der Waals surface area contributed by atoms with Crippen molar-refractivity contribution in [1.82, 2.24) is 15.6 Å². The van der Waals surface area contributed by atoms with Crippen molar-refractivity contribution >= 4 is 16.7 Å². The van der Waals surface area contributed by atoms with Crippen LogP contribution in [0.5, 0.6) is 0 Å². The topological polar surface area (TPSA) is 54.0 Å². The highest BCUT2D eigenvalue weighted by Crippen LogP contribution is 2.14. The van der Waals surface area contributed by atoms with Crippen LogP contribution in [-0.4, -0.2) is 22.5 Å². The zero-order chi connectivity index (χ0) is 15.5. The van der Waals surface area contributed by atoms with Crippen molar-refractivity contribution < 1.29 is 4.79 Å². The van der Waals surface area contributed by atoms with E-state index in [1.807, 2.05) is 40.0 Å². The smallest absolute Gasteiger partial charge is 0.237 e. The molecule has 0 spiro atoms. The van der Waals surface area contributed by atoms with Gasteiger partial charge in [0.05, 0.1) is 6.04 Å². The first-order valence-corrected chi connectivity index (χ1v) is 7.23. The lowest BCUT2D eigenvalue weighted by atomic mass is 10.1. The summed E-state index contributed by atoms with van der Waals surface area (Å²) in [7, 11) is 0. The number of benzene rings is 1. The Morgan fingerprint density at radius 1 is 1.24 bits per heavy atom. The van der Waals surface area contributed by atoms with Crippen molar-refractivity contribution in [2.45, 2.75) is 45.8 Å². The van der Waals surface area contributed by atoms with Gasteiger partial charge in [0.1, 0.15) is 0 Å². The molecular weight excluding hydrogens is 262 g/mol. The van der Waals surface area contributed by atoms with Crippen LogP contribution in [0.2, 0.25) is 0 Å². The zero-order valence-corrected chi connectivity index (χ0v) is 13.1. The van der Waals surface area contributed by atoms with Crippen LogP contribution in [0.1, 0.15) is 33.3 Å². The van der Waals surface area contributed by atoms with Gasteiger partial charge in [-0.15, -0.1) is 0 Å². The van der Waals surface area contributed by atoms with E-state index in [0.717, 1.165) is 16.3 Å². The highest BCUT2D eigenvalue weighted by molar-refractivity contribution is 5.82. The summed E-state index contributed by atoms with van der Waals surface area (Å²) < 4.78 is 0. The van der Waals surface area contributed by atoms with E-state index in [1.54, 1.807) is 6.20 Å². The molecule has 2 aromatic rings. The molecule has 1 unspecified atom stereocenters. The summed E-state index contributed by atoms with van der Waals surface area (Å²) in [6.45, 7) is 8.49. The first kappa shape index (κ1) is 15.4. The summed E-state index contributed by atoms with van der Waals surface area (Å²) in [6.07, 6.45) is 3.64. The van der Waals surface area contributed by atoms with Crippen LogP contribution in [0.25, 0.3) is 10.8 Å². The van der Waals surface area contributed by atoms with Crippen molar-refractivity contribution in [3.8, 4) is 0 Å². The predicted molar refractivity (Wildman–Crippen MR) is 85.9 cm³/mol. The van der Waals surface area contributed by atoms with E-state index in [4.69, 9.17) is 0 Å². The van der Waals surface area contributed by atoms with Crippen LogP contribution in [0, 0.1) is 0 Å². The maximum atomic E-state index is 12.0. The summed E-state index contributed by atoms with van der Waals surface area (Å²) in [4.78, 5) is 16.1. The molecule has 0 aliphatic carbocycles. The number of pyridine rings is 1. The number of nitrogens with zero attached hydrogens (tertiary/aromatic N) is 1. The molecule has 4 nitrogen and oxygen atoms in total. The molecule has 0 saturated carbocycles. The van der Waals surface area contributed by atoms with Crippen LogP contribution in [0.15, 0.2) is 36.7 Å². The second-order valence-electron chi connectivity index (χ2n) is 6.40. The Kier molecular flexibility index (Phi) is 4.58. The van der Waals surface area contributed by atoms with E-state index in [1.165, 1.54) is 0 Å². The Balaban J connectivity index is 1.96. The fourth-order valence-corrected chi connectivity index (χ4v) is 2.08. The third-order valence-corrected chi connectivity index (χ3v) is 3.21. The monoisotopic (exact) mass is 285 g/mol. The number of hydrogen-bond donors (Lipinski definition) is 2. The molecule has 2 rings (SSSR count). The molecule has 4 heteroatoms. The molecule has 0 saturated heterocycles. The lowest BCUT2D eigenvalue weighted by molar-refractivity contribution is -0.124. The number of amides is 1. The first-order valence-electron chi connectivity index (χ1n) is 7.23. The molecule has 1 atom stereocenters. The van der Waals surface area contributed by atoms with Crippen molar-refractivity contribution in [3.05, 3.63) is 42.2 Å². The first-order chi connectivity index (χ1) is 9.85. The maximum absolute atomic E-state index is 12.0. The molecule has 1 aromatic heterocycles. The molecule has 0 aliphatic heterocycles. The number of aromatic nitrogens is 1. The second kappa shape index (κ2) is 6.22. The number of hydrogen-bond acceptors (Lipinski definition) is 3. The van der Waals surface area contributed by atoms with Crippen LogP contribution in [-0.2, 0) is 11.3 Å². The Labute approximate surface area is 126 Å². The van der Waals surface area contributed by atoms with Gasteiger partial charge in [-0.3, -0.25) is 9.78 Å². The SMILES string of the molecule is CC(NCc1ccc2cnccc2c1)C(=O)NC(C)(C)C. The normalized spacial score (nSPS) is 13.1. The molecule has 0 fully saturated rings. The van der Waals surface area contributed by atoms with Gasteiger partial charge >= 0.3 is 0 Å². The Morgan fingerprint density at radius 3 is 2.71 bits per heavy atom. The summed E-state index contributed by atoms with van der Waals surface area (Å²) >= 11 is 0. The summed E-state index contributed by atoms with van der Waals surface area (Å²) in [5.41, 5.74) is 0.951. The van der Waals surface area contributed by atoms with E-state index >= 15 is 0 Å². The van der Waals surface area contributed by atoms with Gasteiger partial charge in [-0.05, 0) is 50.8 Å². The van der Waals surface area contributed by atoms with Crippen molar-refractivity contribution in [3.63, 3.8) is 0 Å². The maximum Gasteiger partial charge on any atom is 0.237 e. The Morgan fingerprint density at radius 2 is 2.00 bits per heavy atom. The Bertz CT molecular complexity index is 631. The van der Waals surface area contributed by atoms with Gasteiger partial charge in [0.2, 0.25) is 5.91 Å². The van der Waals surface area contributed by atoms with Gasteiger partial charge in [-0.25, -0.2) is 0 Å². The van der Waals surface area contributed by atoms with E-state index in [0.29, 0.717) is 6.54 Å². The average Bonchev–Trinajstić information content (AvgIpc) is 2.42. The Hall–Kier alpha value is -1.94. The molecule has 1 aromatic carbocycles. The van der Waals surface area contributed by atoms with Gasteiger partial charge in [-0.1, -0.05) is 12.1 Å². The number of rotatable bonds is 4. The summed E-state index contributed by atoms with van der Waals surface area (Å²) in [5.74, 6) is 0.0208. The molecule has 112 valence electrons. The van der Waals surface area contributed by atoms with Gasteiger partial charge in [0.25, 0.3) is 0 Å². The average molecular weight is 285 g/mol. The van der Waals surface area contributed by atoms with E-state index in [9.17, 15) is 4.79 Å². The standard InChI is InChI=1S/C17H23N3O/c1-12(16(21)20-17(2,3)4)19-10-13-5-6-15-11-18-8-7-14(15)9-13/h5-9,11-12,19H,10H2,1-4H3,(H,20,21). The fraction of sp³-hybridized carbons (Fsp3) is 0.412. The highest BCUT2D eigenvalue weighted by atomic mass is 16.2. The van der Waals surface area contributed by atoms with Crippen molar-refractivity contribution in [2.75, 3.05) is 0 Å². The molecule has 1 amide bonds. The van der Waals surface area contributed by atoms with Gasteiger partial charge in [-0.2, -0.15) is 0 Å². The third kappa shape index (κ3) is 4.53. The van der Waals surface area contributed by atoms with Crippen LogP contribution in [0.4, 0.5) is 0 Å². The summed E-state index contributed by atoms with van der Waals surface area (Å²) in [5, 5.41) is 8.52. The van der Waals surface area contributed by atoms with Crippen molar-refractivity contribution in [2.24, 2.45) is 0 Å². The minimum atomic E-state index is -0.225. The molecular formula is C17H23N3O. The van der Waals surface area contributed by atoms with Gasteiger partial charge in [0, 0.05) is 29.9 Å². The number of nitrogens with one attached hydrogen (secondary N) is 2. The summed E-state index contributed by atoms with van der Waals surface area (Å²) in [6, 6.07) is 8.01. The number of carbonyl (C=O) groups is 1. The van der Waals surface area contributed by atoms with Crippen LogP contribution in [0.3, 0.4) is 0 Å². The van der Waals surface area contributed by atoms with Crippen LogP contribution < -0.4 is 10.6 Å². The molecule has 0 radical (unpaired) electrons. The molecule has 0 aliphatic rings. The number of fused-ring (bicyclic) bond motifs is 1. The fourth-order valence-electron chi connectivity index (χ4n) is 2.08. The molecule has 0 bridgehead atoms. The van der Waals surface area contributed by atoms with Gasteiger partial charge < -0.3 is 10.6 Å². The third-order valence-electron chi connectivity index (χ3n) is 3.21. The van der Waals surface area contributed by atoms with E-state index < -0.39 is 0 Å². The quantitative estimate of drug-likeness (QED) is 0.908. The lowest BCUT2D eigenvalue weighted by Crippen LogP contribution is -2.49. The van der Waals surface area contributed by atoms with Gasteiger partial charge in [0.15, 0.2) is 0 Å². The van der Waals surface area contributed by atoms with E-state index in [2.05, 4.69) is 33.8 Å². The van der Waals surface area contributed by atoms with Crippen LogP contribution >= 0.6 is 0 Å². The highest BCUT2D eigenvalue weighted by Gasteiger charge is 2.18. The lowest BCUT2D eigenvalue weighted by Gasteiger charge is -2.23. The molecule has 1 heterocycles. The molecule has 2 N–H and O–H groups in total. The van der Waals surface area contributed by atoms with E-state index in [-0.39, 0.29) is 17.5 Å². The largest absolute Gasteiger partial charge is 0.350 e. The molecule has 21 heavy (non-hydrogen) atoms. The number of carbonyl (C=O) groups excluding carboxylic acids is 1. The second-order valence-corrected chi connectivity index (χ2v) is 6.40. The predicted octanol–water partition coefficient (Wildman–Crippen LogP) is 2.63. The zero-order valence-electron chi connectivity index (χ0n) is 13.1.